The number of carbonyl (C=O) groups excluding carboxylic acids is 1. The number of halogens is 1. The van der Waals surface area contributed by atoms with Crippen molar-refractivity contribution in [3.8, 4) is 0 Å². The maximum atomic E-state index is 12.0. The van der Waals surface area contributed by atoms with Crippen molar-refractivity contribution in [3.05, 3.63) is 41.7 Å². The molecule has 7 nitrogen and oxygen atoms in total. The molecule has 8 heteroatoms. The van der Waals surface area contributed by atoms with Gasteiger partial charge in [0.1, 0.15) is 12.0 Å². The van der Waals surface area contributed by atoms with E-state index in [1.54, 1.807) is 24.7 Å². The minimum absolute atomic E-state index is 0.131. The van der Waals surface area contributed by atoms with Gasteiger partial charge in [0, 0.05) is 25.3 Å². The number of aromatic nitrogens is 4. The molecule has 0 atom stereocenters. The minimum Gasteiger partial charge on any atom is -0.348 e. The number of hydrogen-bond acceptors (Lipinski definition) is 6. The standard InChI is InChI=1S/C14H15ClN6O/c15-10-7-17-14(18-8-10)21-5-2-11(3-6-21)20-13(22)12-1-4-16-9-19-12/h1,4,7-9,11H,2-3,5-6H2,(H,20,22). The Morgan fingerprint density at radius 3 is 2.59 bits per heavy atom. The number of anilines is 1. The minimum atomic E-state index is -0.163. The molecule has 0 saturated carbocycles. The van der Waals surface area contributed by atoms with Crippen LogP contribution in [0.5, 0.6) is 0 Å². The van der Waals surface area contributed by atoms with Crippen LogP contribution in [0.1, 0.15) is 23.3 Å². The number of nitrogens with one attached hydrogen (secondary N) is 1. The highest BCUT2D eigenvalue weighted by molar-refractivity contribution is 6.30. The Morgan fingerprint density at radius 2 is 1.95 bits per heavy atom. The summed E-state index contributed by atoms with van der Waals surface area (Å²) in [5, 5.41) is 3.52. The summed E-state index contributed by atoms with van der Waals surface area (Å²) in [5.74, 6) is 0.508. The fourth-order valence-electron chi connectivity index (χ4n) is 2.38. The van der Waals surface area contributed by atoms with E-state index in [0.717, 1.165) is 25.9 Å². The highest BCUT2D eigenvalue weighted by Crippen LogP contribution is 2.17. The molecule has 2 aromatic rings. The lowest BCUT2D eigenvalue weighted by molar-refractivity contribution is 0.0926. The lowest BCUT2D eigenvalue weighted by atomic mass is 10.1. The smallest absolute Gasteiger partial charge is 0.270 e. The quantitative estimate of drug-likeness (QED) is 0.919. The van der Waals surface area contributed by atoms with E-state index in [1.807, 2.05) is 0 Å². The zero-order valence-corrected chi connectivity index (χ0v) is 12.6. The Morgan fingerprint density at radius 1 is 1.23 bits per heavy atom. The molecule has 3 heterocycles. The van der Waals surface area contributed by atoms with Crippen molar-refractivity contribution in [2.45, 2.75) is 18.9 Å². The number of nitrogens with zero attached hydrogens (tertiary/aromatic N) is 5. The summed E-state index contributed by atoms with van der Waals surface area (Å²) >= 11 is 5.79. The van der Waals surface area contributed by atoms with Crippen molar-refractivity contribution < 1.29 is 4.79 Å². The van der Waals surface area contributed by atoms with E-state index < -0.39 is 0 Å². The first-order valence-electron chi connectivity index (χ1n) is 7.02. The maximum absolute atomic E-state index is 12.0. The Bertz CT molecular complexity index is 628. The van der Waals surface area contributed by atoms with Crippen molar-refractivity contribution in [2.24, 2.45) is 0 Å². The molecule has 0 aliphatic carbocycles. The molecule has 1 aliphatic rings. The largest absolute Gasteiger partial charge is 0.348 e. The van der Waals surface area contributed by atoms with Gasteiger partial charge < -0.3 is 10.2 Å². The zero-order chi connectivity index (χ0) is 15.4. The predicted octanol–water partition coefficient (Wildman–Crippen LogP) is 1.32. The Kier molecular flexibility index (Phi) is 4.43. The molecule has 1 amide bonds. The molecule has 1 saturated heterocycles. The van der Waals surface area contributed by atoms with Gasteiger partial charge in [-0.3, -0.25) is 4.79 Å². The first-order valence-corrected chi connectivity index (χ1v) is 7.39. The van der Waals surface area contributed by atoms with Gasteiger partial charge in [-0.2, -0.15) is 0 Å². The van der Waals surface area contributed by atoms with Crippen molar-refractivity contribution in [1.82, 2.24) is 25.3 Å². The fourth-order valence-corrected chi connectivity index (χ4v) is 2.47. The van der Waals surface area contributed by atoms with Gasteiger partial charge in [-0.25, -0.2) is 19.9 Å². The van der Waals surface area contributed by atoms with Gasteiger partial charge in [-0.05, 0) is 18.9 Å². The van der Waals surface area contributed by atoms with Crippen LogP contribution in [0, 0.1) is 0 Å². The molecular weight excluding hydrogens is 304 g/mol. The fraction of sp³-hybridized carbons (Fsp3) is 0.357. The van der Waals surface area contributed by atoms with Crippen LogP contribution in [0.15, 0.2) is 31.0 Å². The third kappa shape index (κ3) is 3.48. The number of piperidine rings is 1. The molecule has 1 N–H and O–H groups in total. The second-order valence-electron chi connectivity index (χ2n) is 5.03. The van der Waals surface area contributed by atoms with Gasteiger partial charge in [0.15, 0.2) is 0 Å². The van der Waals surface area contributed by atoms with E-state index in [1.165, 1.54) is 6.33 Å². The average molecular weight is 319 g/mol. The van der Waals surface area contributed by atoms with Crippen LogP contribution in [0.25, 0.3) is 0 Å². The molecule has 0 aromatic carbocycles. The van der Waals surface area contributed by atoms with Crippen LogP contribution in [0.2, 0.25) is 5.02 Å². The Labute approximate surface area is 132 Å². The third-order valence-electron chi connectivity index (χ3n) is 3.53. The van der Waals surface area contributed by atoms with E-state index in [4.69, 9.17) is 11.6 Å². The topological polar surface area (TPSA) is 83.9 Å². The molecule has 2 aromatic heterocycles. The second-order valence-corrected chi connectivity index (χ2v) is 5.47. The average Bonchev–Trinajstić information content (AvgIpc) is 2.57. The second kappa shape index (κ2) is 6.65. The van der Waals surface area contributed by atoms with Crippen molar-refractivity contribution >= 4 is 23.5 Å². The molecule has 0 unspecified atom stereocenters. The third-order valence-corrected chi connectivity index (χ3v) is 3.73. The zero-order valence-electron chi connectivity index (χ0n) is 11.8. The van der Waals surface area contributed by atoms with E-state index in [-0.39, 0.29) is 11.9 Å². The van der Waals surface area contributed by atoms with Gasteiger partial charge in [-0.1, -0.05) is 11.6 Å². The molecule has 22 heavy (non-hydrogen) atoms. The monoisotopic (exact) mass is 318 g/mol. The molecule has 1 fully saturated rings. The SMILES string of the molecule is O=C(NC1CCN(c2ncc(Cl)cn2)CC1)c1ccncn1. The number of amides is 1. The highest BCUT2D eigenvalue weighted by Gasteiger charge is 2.22. The Balaban J connectivity index is 1.53. The van der Waals surface area contributed by atoms with Crippen LogP contribution < -0.4 is 10.2 Å². The lowest BCUT2D eigenvalue weighted by Gasteiger charge is -2.32. The molecule has 0 spiro atoms. The van der Waals surface area contributed by atoms with Crippen molar-refractivity contribution in [2.75, 3.05) is 18.0 Å². The first-order chi connectivity index (χ1) is 10.7. The maximum Gasteiger partial charge on any atom is 0.270 e. The van der Waals surface area contributed by atoms with Gasteiger partial charge in [0.25, 0.3) is 5.91 Å². The number of carbonyl (C=O) groups is 1. The van der Waals surface area contributed by atoms with Gasteiger partial charge in [-0.15, -0.1) is 0 Å². The normalized spacial score (nSPS) is 15.6. The summed E-state index contributed by atoms with van der Waals surface area (Å²) < 4.78 is 0. The number of hydrogen-bond donors (Lipinski definition) is 1. The first kappa shape index (κ1) is 14.6. The van der Waals surface area contributed by atoms with Crippen LogP contribution in [0.3, 0.4) is 0 Å². The molecule has 1 aliphatic heterocycles. The summed E-state index contributed by atoms with van der Waals surface area (Å²) in [7, 11) is 0. The Hall–Kier alpha value is -2.28. The molecule has 114 valence electrons. The predicted molar refractivity (Wildman–Crippen MR) is 81.8 cm³/mol. The van der Waals surface area contributed by atoms with Gasteiger partial charge in [0.05, 0.1) is 17.4 Å². The summed E-state index contributed by atoms with van der Waals surface area (Å²) in [5.41, 5.74) is 0.387. The van der Waals surface area contributed by atoms with E-state index in [0.29, 0.717) is 16.7 Å². The van der Waals surface area contributed by atoms with Crippen LogP contribution in [-0.4, -0.2) is 45.0 Å². The lowest BCUT2D eigenvalue weighted by Crippen LogP contribution is -2.45. The molecule has 0 bridgehead atoms. The van der Waals surface area contributed by atoms with Crippen molar-refractivity contribution in [1.29, 1.82) is 0 Å². The van der Waals surface area contributed by atoms with E-state index in [2.05, 4.69) is 30.2 Å². The van der Waals surface area contributed by atoms with Crippen LogP contribution in [-0.2, 0) is 0 Å². The van der Waals surface area contributed by atoms with E-state index >= 15 is 0 Å². The molecule has 3 rings (SSSR count). The number of rotatable bonds is 3. The van der Waals surface area contributed by atoms with Crippen molar-refractivity contribution in [3.63, 3.8) is 0 Å². The van der Waals surface area contributed by atoms with Gasteiger partial charge in [0.2, 0.25) is 5.95 Å². The summed E-state index contributed by atoms with van der Waals surface area (Å²) in [6.07, 6.45) is 7.78. The molecule has 0 radical (unpaired) electrons. The van der Waals surface area contributed by atoms with Crippen LogP contribution >= 0.6 is 11.6 Å². The van der Waals surface area contributed by atoms with Gasteiger partial charge >= 0.3 is 0 Å². The van der Waals surface area contributed by atoms with E-state index in [9.17, 15) is 4.79 Å². The summed E-state index contributed by atoms with van der Waals surface area (Å²) in [4.78, 5) is 30.3. The highest BCUT2D eigenvalue weighted by atomic mass is 35.5. The molecular formula is C14H15ClN6O. The summed E-state index contributed by atoms with van der Waals surface area (Å²) in [6, 6.07) is 1.73. The summed E-state index contributed by atoms with van der Waals surface area (Å²) in [6.45, 7) is 1.58. The van der Waals surface area contributed by atoms with Crippen LogP contribution in [0.4, 0.5) is 5.95 Å².